The number of aryl methyl sites for hydroxylation is 1. The molecule has 0 bridgehead atoms. The number of nitrogens with one attached hydrogen (secondary N) is 2. The molecular formula is C22H18F2N2O2S. The second-order valence-electron chi connectivity index (χ2n) is 6.28. The van der Waals surface area contributed by atoms with Crippen LogP contribution in [-0.4, -0.2) is 17.6 Å². The Kier molecular flexibility index (Phi) is 6.61. The van der Waals surface area contributed by atoms with E-state index < -0.39 is 17.5 Å². The van der Waals surface area contributed by atoms with Crippen molar-refractivity contribution < 1.29 is 18.4 Å². The number of benzene rings is 3. The number of carbonyl (C=O) groups is 2. The number of hydrogen-bond acceptors (Lipinski definition) is 3. The molecule has 0 aliphatic heterocycles. The van der Waals surface area contributed by atoms with Crippen molar-refractivity contribution in [1.82, 2.24) is 0 Å². The van der Waals surface area contributed by atoms with Crippen molar-refractivity contribution in [1.29, 1.82) is 0 Å². The molecule has 0 aliphatic carbocycles. The highest BCUT2D eigenvalue weighted by Crippen LogP contribution is 2.24. The van der Waals surface area contributed by atoms with Crippen LogP contribution in [0.5, 0.6) is 0 Å². The van der Waals surface area contributed by atoms with Crippen LogP contribution in [0.3, 0.4) is 0 Å². The first-order chi connectivity index (χ1) is 13.9. The van der Waals surface area contributed by atoms with Crippen LogP contribution < -0.4 is 10.6 Å². The Bertz CT molecular complexity index is 1060. The fourth-order valence-corrected chi connectivity index (χ4v) is 3.39. The van der Waals surface area contributed by atoms with Crippen LogP contribution in [0.1, 0.15) is 15.9 Å². The van der Waals surface area contributed by atoms with E-state index in [9.17, 15) is 18.4 Å². The van der Waals surface area contributed by atoms with Crippen LogP contribution in [0.15, 0.2) is 71.6 Å². The van der Waals surface area contributed by atoms with Gasteiger partial charge in [0.15, 0.2) is 0 Å². The third-order valence-electron chi connectivity index (χ3n) is 3.97. The SMILES string of the molecule is Cc1cccc(NC(=O)c2ccccc2NC(=O)CSc2cc(F)ccc2F)c1. The third-order valence-corrected chi connectivity index (χ3v) is 5.00. The van der Waals surface area contributed by atoms with Crippen LogP contribution >= 0.6 is 11.8 Å². The zero-order valence-corrected chi connectivity index (χ0v) is 16.4. The molecule has 0 radical (unpaired) electrons. The number of para-hydroxylation sites is 1. The van der Waals surface area contributed by atoms with E-state index in [1.807, 2.05) is 25.1 Å². The molecule has 0 saturated carbocycles. The van der Waals surface area contributed by atoms with Crippen LogP contribution in [0, 0.1) is 18.6 Å². The summed E-state index contributed by atoms with van der Waals surface area (Å²) in [4.78, 5) is 25.0. The Hall–Kier alpha value is -3.19. The summed E-state index contributed by atoms with van der Waals surface area (Å²) in [5.41, 5.74) is 2.28. The standard InChI is InChI=1S/C22H18F2N2O2S/c1-14-5-4-6-16(11-14)25-22(28)17-7-2-3-8-19(17)26-21(27)13-29-20-12-15(23)9-10-18(20)24/h2-12H,13H2,1H3,(H,25,28)(H,26,27). The summed E-state index contributed by atoms with van der Waals surface area (Å²) in [7, 11) is 0. The van der Waals surface area contributed by atoms with E-state index in [4.69, 9.17) is 0 Å². The number of halogens is 2. The summed E-state index contributed by atoms with van der Waals surface area (Å²) >= 11 is 0.879. The minimum atomic E-state index is -0.595. The van der Waals surface area contributed by atoms with Crippen molar-refractivity contribution in [3.8, 4) is 0 Å². The van der Waals surface area contributed by atoms with Crippen LogP contribution in [0.4, 0.5) is 20.2 Å². The fraction of sp³-hybridized carbons (Fsp3) is 0.0909. The first-order valence-electron chi connectivity index (χ1n) is 8.77. The predicted octanol–water partition coefficient (Wildman–Crippen LogP) is 5.26. The minimum Gasteiger partial charge on any atom is -0.325 e. The summed E-state index contributed by atoms with van der Waals surface area (Å²) < 4.78 is 26.9. The molecule has 0 fully saturated rings. The zero-order chi connectivity index (χ0) is 20.8. The Labute approximate surface area is 171 Å². The molecule has 3 rings (SSSR count). The molecule has 148 valence electrons. The van der Waals surface area contributed by atoms with Gasteiger partial charge in [0.05, 0.1) is 17.0 Å². The topological polar surface area (TPSA) is 58.2 Å². The normalized spacial score (nSPS) is 10.4. The van der Waals surface area contributed by atoms with Gasteiger partial charge in [-0.3, -0.25) is 9.59 Å². The lowest BCUT2D eigenvalue weighted by molar-refractivity contribution is -0.113. The van der Waals surface area contributed by atoms with Gasteiger partial charge in [-0.05, 0) is 55.0 Å². The third kappa shape index (κ3) is 5.65. The van der Waals surface area contributed by atoms with E-state index in [1.54, 1.807) is 30.3 Å². The highest BCUT2D eigenvalue weighted by molar-refractivity contribution is 8.00. The van der Waals surface area contributed by atoms with Gasteiger partial charge in [0, 0.05) is 10.6 Å². The fourth-order valence-electron chi connectivity index (χ4n) is 2.63. The number of rotatable bonds is 6. The van der Waals surface area contributed by atoms with E-state index in [0.717, 1.165) is 35.5 Å². The smallest absolute Gasteiger partial charge is 0.257 e. The van der Waals surface area contributed by atoms with E-state index in [0.29, 0.717) is 16.9 Å². The Morgan fingerprint density at radius 3 is 2.52 bits per heavy atom. The van der Waals surface area contributed by atoms with Gasteiger partial charge in [-0.1, -0.05) is 24.3 Å². The molecule has 0 aliphatic rings. The second-order valence-corrected chi connectivity index (χ2v) is 7.30. The number of amides is 2. The molecule has 4 nitrogen and oxygen atoms in total. The Morgan fingerprint density at radius 2 is 1.72 bits per heavy atom. The predicted molar refractivity (Wildman–Crippen MR) is 111 cm³/mol. The van der Waals surface area contributed by atoms with Gasteiger partial charge in [0.1, 0.15) is 11.6 Å². The highest BCUT2D eigenvalue weighted by atomic mass is 32.2. The highest BCUT2D eigenvalue weighted by Gasteiger charge is 2.14. The Balaban J connectivity index is 1.67. The lowest BCUT2D eigenvalue weighted by atomic mass is 10.1. The lowest BCUT2D eigenvalue weighted by Crippen LogP contribution is -2.19. The van der Waals surface area contributed by atoms with Crippen LogP contribution in [-0.2, 0) is 4.79 Å². The van der Waals surface area contributed by atoms with Crippen molar-refractivity contribution in [2.24, 2.45) is 0 Å². The molecule has 7 heteroatoms. The Morgan fingerprint density at radius 1 is 0.931 bits per heavy atom. The van der Waals surface area contributed by atoms with E-state index >= 15 is 0 Å². The summed E-state index contributed by atoms with van der Waals surface area (Å²) in [6, 6.07) is 17.0. The number of thioether (sulfide) groups is 1. The quantitative estimate of drug-likeness (QED) is 0.543. The van der Waals surface area contributed by atoms with Crippen molar-refractivity contribution in [2.45, 2.75) is 11.8 Å². The molecule has 0 saturated heterocycles. The first kappa shape index (κ1) is 20.5. The van der Waals surface area contributed by atoms with Gasteiger partial charge in [-0.15, -0.1) is 11.8 Å². The summed E-state index contributed by atoms with van der Waals surface area (Å²) in [5.74, 6) is -2.10. The minimum absolute atomic E-state index is 0.0469. The summed E-state index contributed by atoms with van der Waals surface area (Å²) in [5, 5.41) is 5.45. The monoisotopic (exact) mass is 412 g/mol. The molecule has 3 aromatic carbocycles. The second kappa shape index (κ2) is 9.34. The number of hydrogen-bond donors (Lipinski definition) is 2. The van der Waals surface area contributed by atoms with E-state index in [1.165, 1.54) is 0 Å². The molecule has 0 atom stereocenters. The summed E-state index contributed by atoms with van der Waals surface area (Å²) in [6.07, 6.45) is 0. The lowest BCUT2D eigenvalue weighted by Gasteiger charge is -2.12. The largest absolute Gasteiger partial charge is 0.325 e. The molecule has 0 unspecified atom stereocenters. The molecular weight excluding hydrogens is 394 g/mol. The van der Waals surface area contributed by atoms with Crippen molar-refractivity contribution in [2.75, 3.05) is 16.4 Å². The van der Waals surface area contributed by atoms with Gasteiger partial charge in [-0.2, -0.15) is 0 Å². The zero-order valence-electron chi connectivity index (χ0n) is 15.5. The molecule has 0 spiro atoms. The van der Waals surface area contributed by atoms with Crippen molar-refractivity contribution >= 4 is 35.0 Å². The molecule has 3 aromatic rings. The van der Waals surface area contributed by atoms with Crippen LogP contribution in [0.25, 0.3) is 0 Å². The van der Waals surface area contributed by atoms with E-state index in [2.05, 4.69) is 10.6 Å². The van der Waals surface area contributed by atoms with Crippen molar-refractivity contribution in [3.63, 3.8) is 0 Å². The molecule has 0 heterocycles. The van der Waals surface area contributed by atoms with E-state index in [-0.39, 0.29) is 16.6 Å². The maximum atomic E-state index is 13.7. The molecule has 2 amide bonds. The molecule has 2 N–H and O–H groups in total. The van der Waals surface area contributed by atoms with Gasteiger partial charge in [-0.25, -0.2) is 8.78 Å². The van der Waals surface area contributed by atoms with Crippen LogP contribution in [0.2, 0.25) is 0 Å². The van der Waals surface area contributed by atoms with Gasteiger partial charge in [0.25, 0.3) is 5.91 Å². The molecule has 29 heavy (non-hydrogen) atoms. The first-order valence-corrected chi connectivity index (χ1v) is 9.75. The molecule has 0 aromatic heterocycles. The summed E-state index contributed by atoms with van der Waals surface area (Å²) in [6.45, 7) is 1.92. The number of carbonyl (C=O) groups excluding carboxylic acids is 2. The van der Waals surface area contributed by atoms with Gasteiger partial charge in [0.2, 0.25) is 5.91 Å². The number of anilines is 2. The average Bonchev–Trinajstić information content (AvgIpc) is 2.69. The maximum absolute atomic E-state index is 13.7. The van der Waals surface area contributed by atoms with Gasteiger partial charge < -0.3 is 10.6 Å². The van der Waals surface area contributed by atoms with Crippen molar-refractivity contribution in [3.05, 3.63) is 89.5 Å². The van der Waals surface area contributed by atoms with Gasteiger partial charge >= 0.3 is 0 Å². The average molecular weight is 412 g/mol. The maximum Gasteiger partial charge on any atom is 0.257 e.